The third-order valence-electron chi connectivity index (χ3n) is 0.804. The van der Waals surface area contributed by atoms with Crippen molar-refractivity contribution >= 4 is 44.9 Å². The van der Waals surface area contributed by atoms with Crippen molar-refractivity contribution in [3.63, 3.8) is 0 Å². The first-order valence-corrected chi connectivity index (χ1v) is 4.64. The van der Waals surface area contributed by atoms with Gasteiger partial charge in [-0.2, -0.15) is 0 Å². The summed E-state index contributed by atoms with van der Waals surface area (Å²) in [7, 11) is 0. The van der Waals surface area contributed by atoms with E-state index in [0.29, 0.717) is 0 Å². The van der Waals surface area contributed by atoms with Crippen molar-refractivity contribution in [2.45, 2.75) is 0 Å². The maximum Gasteiger partial charge on any atom is 0.204 e. The molecule has 0 saturated heterocycles. The van der Waals surface area contributed by atoms with Crippen LogP contribution in [-0.4, -0.2) is 6.41 Å². The van der Waals surface area contributed by atoms with Crippen molar-refractivity contribution in [1.29, 1.82) is 0 Å². The fourth-order valence-corrected chi connectivity index (χ4v) is 1.05. The first-order valence-electron chi connectivity index (χ1n) is 2.77. The Kier molecular flexibility index (Phi) is 6.54. The molecule has 1 rings (SSSR count). The van der Waals surface area contributed by atoms with Crippen molar-refractivity contribution < 1.29 is 4.79 Å². The lowest BCUT2D eigenvalue weighted by atomic mass is 10.4. The summed E-state index contributed by atoms with van der Waals surface area (Å²) in [5.41, 5.74) is 4.17. The summed E-state index contributed by atoms with van der Waals surface area (Å²) >= 11 is 5.62. The first-order chi connectivity index (χ1) is 5.20. The summed E-state index contributed by atoms with van der Waals surface area (Å²) in [6, 6.07) is 8.18. The number of carbonyl (C=O) groups excluding carboxylic acids is 1. The Morgan fingerprint density at radius 1 is 1.36 bits per heavy atom. The van der Waals surface area contributed by atoms with Gasteiger partial charge in [-0.05, 0) is 46.9 Å². The second-order valence-electron chi connectivity index (χ2n) is 1.57. The summed E-state index contributed by atoms with van der Waals surface area (Å²) < 4.78 is 2.41. The van der Waals surface area contributed by atoms with Crippen LogP contribution in [0, 0.1) is 3.57 Å². The van der Waals surface area contributed by atoms with E-state index < -0.39 is 0 Å². The van der Waals surface area contributed by atoms with E-state index in [1.54, 1.807) is 0 Å². The number of rotatable bonds is 0. The van der Waals surface area contributed by atoms with Crippen molar-refractivity contribution in [1.82, 2.24) is 0 Å². The van der Waals surface area contributed by atoms with Crippen molar-refractivity contribution in [2.24, 2.45) is 5.73 Å². The van der Waals surface area contributed by atoms with Gasteiger partial charge in [0.1, 0.15) is 0 Å². The SMILES string of the molecule is Brc1ccc(I)cc1.NC=O. The molecule has 0 aromatic heterocycles. The molecule has 0 fully saturated rings. The zero-order valence-electron chi connectivity index (χ0n) is 5.63. The quantitative estimate of drug-likeness (QED) is 0.576. The number of primary amides is 1. The van der Waals surface area contributed by atoms with Gasteiger partial charge in [-0.1, -0.05) is 15.9 Å². The lowest BCUT2D eigenvalue weighted by Gasteiger charge is -1.86. The van der Waals surface area contributed by atoms with Crippen LogP contribution in [0.4, 0.5) is 0 Å². The van der Waals surface area contributed by atoms with Crippen LogP contribution in [0.3, 0.4) is 0 Å². The Balaban J connectivity index is 0.000000292. The number of amides is 1. The number of hydrogen-bond donors (Lipinski definition) is 1. The van der Waals surface area contributed by atoms with Crippen LogP contribution in [0.25, 0.3) is 0 Å². The highest BCUT2D eigenvalue weighted by Gasteiger charge is 1.82. The third kappa shape index (κ3) is 6.30. The van der Waals surface area contributed by atoms with Gasteiger partial charge in [0.15, 0.2) is 0 Å². The molecular weight excluding hydrogens is 321 g/mol. The zero-order chi connectivity index (χ0) is 8.69. The van der Waals surface area contributed by atoms with E-state index in [1.165, 1.54) is 3.57 Å². The molecule has 1 amide bonds. The van der Waals surface area contributed by atoms with Crippen LogP contribution in [-0.2, 0) is 4.79 Å². The molecule has 0 saturated carbocycles. The lowest BCUT2D eigenvalue weighted by Crippen LogP contribution is -1.82. The van der Waals surface area contributed by atoms with Gasteiger partial charge in [0, 0.05) is 8.04 Å². The van der Waals surface area contributed by atoms with Gasteiger partial charge in [0.05, 0.1) is 0 Å². The van der Waals surface area contributed by atoms with Crippen molar-refractivity contribution in [3.8, 4) is 0 Å². The fraction of sp³-hybridized carbons (Fsp3) is 0. The topological polar surface area (TPSA) is 43.1 Å². The molecule has 2 nitrogen and oxygen atoms in total. The van der Waals surface area contributed by atoms with E-state index in [0.717, 1.165) is 4.47 Å². The van der Waals surface area contributed by atoms with Gasteiger partial charge in [-0.15, -0.1) is 0 Å². The van der Waals surface area contributed by atoms with Crippen LogP contribution in [0.15, 0.2) is 28.7 Å². The van der Waals surface area contributed by atoms with Crippen LogP contribution in [0.1, 0.15) is 0 Å². The molecule has 4 heteroatoms. The van der Waals surface area contributed by atoms with E-state index in [1.807, 2.05) is 12.1 Å². The maximum atomic E-state index is 8.58. The Bertz CT molecular complexity index is 191. The van der Waals surface area contributed by atoms with E-state index >= 15 is 0 Å². The molecule has 60 valence electrons. The average molecular weight is 328 g/mol. The van der Waals surface area contributed by atoms with Gasteiger partial charge in [0.2, 0.25) is 6.41 Å². The lowest BCUT2D eigenvalue weighted by molar-refractivity contribution is -0.106. The van der Waals surface area contributed by atoms with Gasteiger partial charge in [-0.3, -0.25) is 4.79 Å². The highest BCUT2D eigenvalue weighted by Crippen LogP contribution is 2.11. The van der Waals surface area contributed by atoms with Crippen LogP contribution in [0.2, 0.25) is 0 Å². The molecule has 11 heavy (non-hydrogen) atoms. The Morgan fingerprint density at radius 3 is 2.00 bits per heavy atom. The minimum absolute atomic E-state index is 0.250. The van der Waals surface area contributed by atoms with Gasteiger partial charge < -0.3 is 5.73 Å². The molecule has 0 aliphatic rings. The molecule has 1 aromatic carbocycles. The molecule has 1 aromatic rings. The van der Waals surface area contributed by atoms with E-state index in [4.69, 9.17) is 4.79 Å². The molecule has 2 N–H and O–H groups in total. The predicted octanol–water partition coefficient (Wildman–Crippen LogP) is 2.16. The Labute approximate surface area is 87.4 Å². The second kappa shape index (κ2) is 6.60. The Morgan fingerprint density at radius 2 is 1.73 bits per heavy atom. The van der Waals surface area contributed by atoms with Crippen LogP contribution < -0.4 is 5.73 Å². The zero-order valence-corrected chi connectivity index (χ0v) is 9.37. The highest BCUT2D eigenvalue weighted by molar-refractivity contribution is 14.1. The molecular formula is C7H7BrINO. The van der Waals surface area contributed by atoms with Gasteiger partial charge in [-0.25, -0.2) is 0 Å². The predicted molar refractivity (Wildman–Crippen MR) is 57.1 cm³/mol. The minimum atomic E-state index is 0.250. The summed E-state index contributed by atoms with van der Waals surface area (Å²) in [5.74, 6) is 0. The molecule has 0 heterocycles. The summed E-state index contributed by atoms with van der Waals surface area (Å²) in [4.78, 5) is 8.58. The van der Waals surface area contributed by atoms with Crippen molar-refractivity contribution in [2.75, 3.05) is 0 Å². The standard InChI is InChI=1S/C6H4BrI.CH3NO/c7-5-1-3-6(8)4-2-5;2-1-3/h1-4H;1H,(H2,2,3). The minimum Gasteiger partial charge on any atom is -0.372 e. The van der Waals surface area contributed by atoms with E-state index in [9.17, 15) is 0 Å². The largest absolute Gasteiger partial charge is 0.372 e. The summed E-state index contributed by atoms with van der Waals surface area (Å²) in [5, 5.41) is 0. The normalized spacial score (nSPS) is 7.82. The number of hydrogen-bond acceptors (Lipinski definition) is 1. The van der Waals surface area contributed by atoms with Crippen LogP contribution in [0.5, 0.6) is 0 Å². The fourth-order valence-electron chi connectivity index (χ4n) is 0.430. The highest BCUT2D eigenvalue weighted by atomic mass is 127. The molecule has 0 aliphatic heterocycles. The average Bonchev–Trinajstić information content (AvgIpc) is 1.97. The number of halogens is 2. The van der Waals surface area contributed by atoms with Gasteiger partial charge in [0.25, 0.3) is 0 Å². The second-order valence-corrected chi connectivity index (χ2v) is 3.73. The monoisotopic (exact) mass is 327 g/mol. The molecule has 0 unspecified atom stereocenters. The number of nitrogens with two attached hydrogens (primary N) is 1. The van der Waals surface area contributed by atoms with E-state index in [-0.39, 0.29) is 6.41 Å². The van der Waals surface area contributed by atoms with Crippen molar-refractivity contribution in [3.05, 3.63) is 32.3 Å². The van der Waals surface area contributed by atoms with E-state index in [2.05, 4.69) is 56.4 Å². The molecule has 0 spiro atoms. The maximum absolute atomic E-state index is 8.58. The smallest absolute Gasteiger partial charge is 0.204 e. The molecule has 0 radical (unpaired) electrons. The summed E-state index contributed by atoms with van der Waals surface area (Å²) in [6.07, 6.45) is 0.250. The van der Waals surface area contributed by atoms with Crippen LogP contribution >= 0.6 is 38.5 Å². The first kappa shape index (κ1) is 10.9. The molecule has 0 atom stereocenters. The number of carbonyl (C=O) groups is 1. The number of benzene rings is 1. The van der Waals surface area contributed by atoms with Gasteiger partial charge >= 0.3 is 0 Å². The Hall–Kier alpha value is -0.100. The molecule has 0 bridgehead atoms. The summed E-state index contributed by atoms with van der Waals surface area (Å²) in [6.45, 7) is 0. The third-order valence-corrected chi connectivity index (χ3v) is 2.05. The molecule has 0 aliphatic carbocycles.